The van der Waals surface area contributed by atoms with Crippen molar-refractivity contribution in [3.8, 4) is 0 Å². The van der Waals surface area contributed by atoms with Crippen molar-refractivity contribution in [2.45, 2.75) is 45.8 Å². The lowest BCUT2D eigenvalue weighted by atomic mass is 10.1. The molecule has 0 bridgehead atoms. The van der Waals surface area contributed by atoms with Crippen LogP contribution in [0.3, 0.4) is 0 Å². The van der Waals surface area contributed by atoms with Gasteiger partial charge in [0.05, 0.1) is 17.9 Å². The van der Waals surface area contributed by atoms with Crippen LogP contribution in [-0.2, 0) is 4.74 Å². The van der Waals surface area contributed by atoms with E-state index in [0.29, 0.717) is 11.0 Å². The molecule has 0 spiro atoms. The normalized spacial score (nSPS) is 21.9. The standard InChI is InChI=1S/C14H23ClN4O/c1-5-6-16-13-17-7-11(15)12(18-13)19-8-10(2)20-14(3,4)9-19/h7,10H,5-6,8-9H2,1-4H3,(H,16,17,18). The Balaban J connectivity index is 2.22. The van der Waals surface area contributed by atoms with Crippen LogP contribution in [0.25, 0.3) is 0 Å². The van der Waals surface area contributed by atoms with Crippen molar-refractivity contribution in [3.05, 3.63) is 11.2 Å². The third kappa shape index (κ3) is 3.73. The summed E-state index contributed by atoms with van der Waals surface area (Å²) < 4.78 is 5.92. The fourth-order valence-electron chi connectivity index (χ4n) is 2.52. The van der Waals surface area contributed by atoms with Crippen LogP contribution in [0.15, 0.2) is 6.20 Å². The zero-order valence-corrected chi connectivity index (χ0v) is 13.4. The highest BCUT2D eigenvalue weighted by molar-refractivity contribution is 6.32. The summed E-state index contributed by atoms with van der Waals surface area (Å²) in [6.07, 6.45) is 2.84. The maximum Gasteiger partial charge on any atom is 0.224 e. The minimum atomic E-state index is -0.205. The fraction of sp³-hybridized carbons (Fsp3) is 0.714. The van der Waals surface area contributed by atoms with Crippen molar-refractivity contribution < 1.29 is 4.74 Å². The van der Waals surface area contributed by atoms with Gasteiger partial charge >= 0.3 is 0 Å². The Labute approximate surface area is 125 Å². The summed E-state index contributed by atoms with van der Waals surface area (Å²) in [5.74, 6) is 1.41. The Kier molecular flexibility index (Phi) is 4.70. The molecule has 1 aliphatic rings. The first-order chi connectivity index (χ1) is 9.41. The van der Waals surface area contributed by atoms with Crippen LogP contribution >= 0.6 is 11.6 Å². The van der Waals surface area contributed by atoms with Gasteiger partial charge in [-0.3, -0.25) is 0 Å². The number of ether oxygens (including phenoxy) is 1. The summed E-state index contributed by atoms with van der Waals surface area (Å²) in [5.41, 5.74) is -0.205. The van der Waals surface area contributed by atoms with Gasteiger partial charge in [0.1, 0.15) is 5.02 Å². The molecule has 1 unspecified atom stereocenters. The van der Waals surface area contributed by atoms with Gasteiger partial charge in [0.25, 0.3) is 0 Å². The highest BCUT2D eigenvalue weighted by atomic mass is 35.5. The maximum absolute atomic E-state index is 6.27. The van der Waals surface area contributed by atoms with Gasteiger partial charge in [-0.15, -0.1) is 0 Å². The molecule has 1 atom stereocenters. The molecule has 1 aliphatic heterocycles. The van der Waals surface area contributed by atoms with Crippen molar-refractivity contribution in [1.29, 1.82) is 0 Å². The van der Waals surface area contributed by atoms with Crippen LogP contribution in [0.4, 0.5) is 11.8 Å². The Bertz CT molecular complexity index is 466. The molecule has 0 amide bonds. The summed E-state index contributed by atoms with van der Waals surface area (Å²) in [4.78, 5) is 10.9. The zero-order valence-electron chi connectivity index (χ0n) is 12.6. The molecule has 2 heterocycles. The van der Waals surface area contributed by atoms with E-state index in [0.717, 1.165) is 31.9 Å². The second-order valence-electron chi connectivity index (χ2n) is 5.86. The average Bonchev–Trinajstić information content (AvgIpc) is 2.35. The number of halogens is 1. The monoisotopic (exact) mass is 298 g/mol. The Morgan fingerprint density at radius 3 is 2.95 bits per heavy atom. The summed E-state index contributed by atoms with van der Waals surface area (Å²) in [6, 6.07) is 0. The number of aromatic nitrogens is 2. The minimum absolute atomic E-state index is 0.150. The first kappa shape index (κ1) is 15.3. The highest BCUT2D eigenvalue weighted by Crippen LogP contribution is 2.29. The molecule has 1 saturated heterocycles. The average molecular weight is 299 g/mol. The smallest absolute Gasteiger partial charge is 0.224 e. The van der Waals surface area contributed by atoms with E-state index in [1.165, 1.54) is 0 Å². The van der Waals surface area contributed by atoms with Gasteiger partial charge < -0.3 is 15.0 Å². The van der Waals surface area contributed by atoms with Crippen molar-refractivity contribution in [1.82, 2.24) is 9.97 Å². The molecule has 1 aromatic rings. The zero-order chi connectivity index (χ0) is 14.8. The largest absolute Gasteiger partial charge is 0.369 e. The fourth-order valence-corrected chi connectivity index (χ4v) is 2.73. The van der Waals surface area contributed by atoms with Crippen molar-refractivity contribution in [3.63, 3.8) is 0 Å². The molecular formula is C14H23ClN4O. The molecular weight excluding hydrogens is 276 g/mol. The van der Waals surface area contributed by atoms with Crippen LogP contribution in [-0.4, -0.2) is 41.3 Å². The number of rotatable bonds is 4. The molecule has 2 rings (SSSR count). The molecule has 0 aliphatic carbocycles. The van der Waals surface area contributed by atoms with Gasteiger partial charge in [0.15, 0.2) is 5.82 Å². The highest BCUT2D eigenvalue weighted by Gasteiger charge is 2.32. The van der Waals surface area contributed by atoms with Crippen LogP contribution in [0.2, 0.25) is 5.02 Å². The van der Waals surface area contributed by atoms with E-state index in [2.05, 4.69) is 47.9 Å². The van der Waals surface area contributed by atoms with E-state index in [-0.39, 0.29) is 11.7 Å². The second kappa shape index (κ2) is 6.14. The molecule has 0 radical (unpaired) electrons. The third-order valence-corrected chi connectivity index (χ3v) is 3.39. The van der Waals surface area contributed by atoms with Crippen LogP contribution in [0.1, 0.15) is 34.1 Å². The van der Waals surface area contributed by atoms with Gasteiger partial charge in [-0.1, -0.05) is 18.5 Å². The summed E-state index contributed by atoms with van der Waals surface area (Å²) >= 11 is 6.27. The van der Waals surface area contributed by atoms with Crippen molar-refractivity contribution in [2.75, 3.05) is 29.9 Å². The Hall–Kier alpha value is -1.07. The molecule has 20 heavy (non-hydrogen) atoms. The number of hydrogen-bond acceptors (Lipinski definition) is 5. The Morgan fingerprint density at radius 2 is 2.30 bits per heavy atom. The predicted molar refractivity (Wildman–Crippen MR) is 82.7 cm³/mol. The van der Waals surface area contributed by atoms with Crippen LogP contribution in [0, 0.1) is 0 Å². The van der Waals surface area contributed by atoms with Crippen LogP contribution < -0.4 is 10.2 Å². The van der Waals surface area contributed by atoms with Gasteiger partial charge in [-0.05, 0) is 27.2 Å². The van der Waals surface area contributed by atoms with Gasteiger partial charge in [0, 0.05) is 19.6 Å². The molecule has 6 heteroatoms. The maximum atomic E-state index is 6.27. The van der Waals surface area contributed by atoms with E-state index in [4.69, 9.17) is 16.3 Å². The molecule has 1 fully saturated rings. The van der Waals surface area contributed by atoms with Gasteiger partial charge in [-0.25, -0.2) is 4.98 Å². The summed E-state index contributed by atoms with van der Waals surface area (Å²) in [7, 11) is 0. The van der Waals surface area contributed by atoms with Crippen LogP contribution in [0.5, 0.6) is 0 Å². The number of morpholine rings is 1. The molecule has 1 N–H and O–H groups in total. The predicted octanol–water partition coefficient (Wildman–Crippen LogP) is 2.96. The number of anilines is 2. The quantitative estimate of drug-likeness (QED) is 0.926. The lowest BCUT2D eigenvalue weighted by molar-refractivity contribution is -0.0751. The van der Waals surface area contributed by atoms with E-state index >= 15 is 0 Å². The lowest BCUT2D eigenvalue weighted by Crippen LogP contribution is -2.52. The summed E-state index contributed by atoms with van der Waals surface area (Å²) in [5, 5.41) is 3.77. The Morgan fingerprint density at radius 1 is 1.55 bits per heavy atom. The number of nitrogens with zero attached hydrogens (tertiary/aromatic N) is 3. The van der Waals surface area contributed by atoms with E-state index in [1.807, 2.05) is 0 Å². The second-order valence-corrected chi connectivity index (χ2v) is 6.27. The van der Waals surface area contributed by atoms with Crippen molar-refractivity contribution >= 4 is 23.4 Å². The topological polar surface area (TPSA) is 50.3 Å². The van der Waals surface area contributed by atoms with E-state index in [1.54, 1.807) is 6.20 Å². The van der Waals surface area contributed by atoms with Gasteiger partial charge in [0.2, 0.25) is 5.95 Å². The third-order valence-electron chi connectivity index (χ3n) is 3.13. The van der Waals surface area contributed by atoms with Gasteiger partial charge in [-0.2, -0.15) is 4.98 Å². The molecule has 112 valence electrons. The first-order valence-corrected chi connectivity index (χ1v) is 7.48. The molecule has 5 nitrogen and oxygen atoms in total. The minimum Gasteiger partial charge on any atom is -0.369 e. The molecule has 0 saturated carbocycles. The van der Waals surface area contributed by atoms with E-state index < -0.39 is 0 Å². The lowest BCUT2D eigenvalue weighted by Gasteiger charge is -2.42. The number of nitrogens with one attached hydrogen (secondary N) is 1. The summed E-state index contributed by atoms with van der Waals surface area (Å²) in [6.45, 7) is 10.7. The molecule has 0 aromatic carbocycles. The number of hydrogen-bond donors (Lipinski definition) is 1. The molecule has 1 aromatic heterocycles. The van der Waals surface area contributed by atoms with Crippen molar-refractivity contribution in [2.24, 2.45) is 0 Å². The SMILES string of the molecule is CCCNc1ncc(Cl)c(N2CC(C)OC(C)(C)C2)n1. The first-order valence-electron chi connectivity index (χ1n) is 7.10. The van der Waals surface area contributed by atoms with E-state index in [9.17, 15) is 0 Å².